The van der Waals surface area contributed by atoms with Crippen molar-refractivity contribution in [3.05, 3.63) is 78.9 Å². The lowest BCUT2D eigenvalue weighted by molar-refractivity contribution is 0.0815. The average molecular weight is 351 g/mol. The largest absolute Gasteiger partial charge is 0.497 e. The Balaban J connectivity index is 1.76. The highest BCUT2D eigenvalue weighted by Gasteiger charge is 2.23. The first-order valence-electron chi connectivity index (χ1n) is 8.31. The minimum absolute atomic E-state index is 0.199. The Bertz CT molecular complexity index is 817. The van der Waals surface area contributed by atoms with Gasteiger partial charge < -0.3 is 19.4 Å². The molecule has 3 aromatic rings. The third-order valence-electron chi connectivity index (χ3n) is 3.99. The summed E-state index contributed by atoms with van der Waals surface area (Å²) in [5.74, 6) is 1.24. The van der Waals surface area contributed by atoms with Crippen LogP contribution in [0.25, 0.3) is 0 Å². The number of carbonyl (C=O) groups is 1. The van der Waals surface area contributed by atoms with Crippen LogP contribution in [0.1, 0.15) is 23.4 Å². The Morgan fingerprint density at radius 2 is 1.81 bits per heavy atom. The third kappa shape index (κ3) is 4.22. The van der Waals surface area contributed by atoms with E-state index in [0.29, 0.717) is 11.3 Å². The van der Waals surface area contributed by atoms with Crippen LogP contribution in [-0.2, 0) is 0 Å². The lowest BCUT2D eigenvalue weighted by Gasteiger charge is -2.27. The Hall–Kier alpha value is -3.28. The normalized spacial score (nSPS) is 12.8. The number of carbonyl (C=O) groups excluding carboxylic acids is 1. The van der Waals surface area contributed by atoms with E-state index < -0.39 is 6.17 Å². The SMILES string of the molecule is COc1ccc(C(=O)NC(C(C)Oc2ccccc2)n2ccnc2)cc1. The van der Waals surface area contributed by atoms with Gasteiger partial charge in [0.2, 0.25) is 0 Å². The van der Waals surface area contributed by atoms with Gasteiger partial charge >= 0.3 is 0 Å². The molecule has 0 saturated carbocycles. The fourth-order valence-corrected chi connectivity index (χ4v) is 2.61. The van der Waals surface area contributed by atoms with Crippen LogP contribution < -0.4 is 14.8 Å². The summed E-state index contributed by atoms with van der Waals surface area (Å²) >= 11 is 0. The van der Waals surface area contributed by atoms with Crippen LogP contribution in [0.15, 0.2) is 73.3 Å². The molecule has 0 aliphatic rings. The van der Waals surface area contributed by atoms with Gasteiger partial charge in [-0.25, -0.2) is 4.98 Å². The van der Waals surface area contributed by atoms with Crippen LogP contribution in [0.3, 0.4) is 0 Å². The number of rotatable bonds is 7. The van der Waals surface area contributed by atoms with Crippen molar-refractivity contribution in [2.45, 2.75) is 19.2 Å². The molecule has 0 fully saturated rings. The maximum atomic E-state index is 12.7. The van der Waals surface area contributed by atoms with E-state index in [-0.39, 0.29) is 12.0 Å². The minimum Gasteiger partial charge on any atom is -0.497 e. The smallest absolute Gasteiger partial charge is 0.252 e. The van der Waals surface area contributed by atoms with Crippen molar-refractivity contribution in [1.82, 2.24) is 14.9 Å². The van der Waals surface area contributed by atoms with E-state index in [1.165, 1.54) is 0 Å². The summed E-state index contributed by atoms with van der Waals surface area (Å²) in [5, 5.41) is 3.01. The van der Waals surface area contributed by atoms with Crippen LogP contribution in [0.5, 0.6) is 11.5 Å². The number of ether oxygens (including phenoxy) is 2. The second-order valence-electron chi connectivity index (χ2n) is 5.79. The molecular weight excluding hydrogens is 330 g/mol. The van der Waals surface area contributed by atoms with Gasteiger partial charge in [-0.15, -0.1) is 0 Å². The molecule has 134 valence electrons. The molecule has 6 heteroatoms. The molecule has 0 spiro atoms. The first-order valence-corrected chi connectivity index (χ1v) is 8.31. The van der Waals surface area contributed by atoms with Gasteiger partial charge in [-0.2, -0.15) is 0 Å². The molecule has 2 aromatic carbocycles. The van der Waals surface area contributed by atoms with E-state index in [0.717, 1.165) is 5.75 Å². The van der Waals surface area contributed by atoms with Crippen LogP contribution in [0.4, 0.5) is 0 Å². The lowest BCUT2D eigenvalue weighted by Crippen LogP contribution is -2.41. The Morgan fingerprint density at radius 1 is 1.08 bits per heavy atom. The van der Waals surface area contributed by atoms with Crippen LogP contribution >= 0.6 is 0 Å². The number of para-hydroxylation sites is 1. The molecule has 0 saturated heterocycles. The number of aromatic nitrogens is 2. The van der Waals surface area contributed by atoms with E-state index in [1.807, 2.05) is 41.8 Å². The number of methoxy groups -OCH3 is 1. The van der Waals surface area contributed by atoms with E-state index in [1.54, 1.807) is 50.1 Å². The summed E-state index contributed by atoms with van der Waals surface area (Å²) in [6.45, 7) is 1.91. The van der Waals surface area contributed by atoms with Crippen molar-refractivity contribution in [2.75, 3.05) is 7.11 Å². The quantitative estimate of drug-likeness (QED) is 0.709. The predicted octanol–water partition coefficient (Wildman–Crippen LogP) is 3.29. The molecule has 3 rings (SSSR count). The summed E-state index contributed by atoms with van der Waals surface area (Å²) in [7, 11) is 1.59. The Morgan fingerprint density at radius 3 is 2.42 bits per heavy atom. The number of hydrogen-bond donors (Lipinski definition) is 1. The standard InChI is InChI=1S/C20H21N3O3/c1-15(26-18-6-4-3-5-7-18)19(23-13-12-21-14-23)22-20(24)16-8-10-17(25-2)11-9-16/h3-15,19H,1-2H3,(H,22,24). The molecule has 0 bridgehead atoms. The predicted molar refractivity (Wildman–Crippen MR) is 98.3 cm³/mol. The fourth-order valence-electron chi connectivity index (χ4n) is 2.61. The molecule has 2 unspecified atom stereocenters. The summed E-state index contributed by atoms with van der Waals surface area (Å²) in [4.78, 5) is 16.7. The molecule has 1 N–H and O–H groups in total. The molecule has 0 radical (unpaired) electrons. The zero-order chi connectivity index (χ0) is 18.4. The van der Waals surface area contributed by atoms with Crippen LogP contribution in [0, 0.1) is 0 Å². The first-order chi connectivity index (χ1) is 12.7. The molecule has 2 atom stereocenters. The van der Waals surface area contributed by atoms with Crippen molar-refractivity contribution in [1.29, 1.82) is 0 Å². The molecule has 26 heavy (non-hydrogen) atoms. The number of imidazole rings is 1. The van der Waals surface area contributed by atoms with Gasteiger partial charge in [0.15, 0.2) is 0 Å². The molecule has 0 aliphatic carbocycles. The van der Waals surface area contributed by atoms with Gasteiger partial charge in [0.1, 0.15) is 23.8 Å². The highest BCUT2D eigenvalue weighted by Crippen LogP contribution is 2.18. The number of benzene rings is 2. The van der Waals surface area contributed by atoms with Crippen LogP contribution in [0.2, 0.25) is 0 Å². The van der Waals surface area contributed by atoms with Crippen molar-refractivity contribution < 1.29 is 14.3 Å². The van der Waals surface area contributed by atoms with Gasteiger partial charge in [0.05, 0.1) is 13.4 Å². The summed E-state index contributed by atoms with van der Waals surface area (Å²) < 4.78 is 12.9. The third-order valence-corrected chi connectivity index (χ3v) is 3.99. The Kier molecular flexibility index (Phi) is 5.53. The second kappa shape index (κ2) is 8.20. The molecular formula is C20H21N3O3. The van der Waals surface area contributed by atoms with E-state index in [4.69, 9.17) is 9.47 Å². The summed E-state index contributed by atoms with van der Waals surface area (Å²) in [6, 6.07) is 16.5. The summed E-state index contributed by atoms with van der Waals surface area (Å²) in [6.07, 6.45) is 4.40. The molecule has 1 aromatic heterocycles. The van der Waals surface area contributed by atoms with Crippen molar-refractivity contribution in [2.24, 2.45) is 0 Å². The Labute approximate surface area is 152 Å². The molecule has 1 heterocycles. The van der Waals surface area contributed by atoms with Gasteiger partial charge in [-0.1, -0.05) is 18.2 Å². The minimum atomic E-state index is -0.410. The molecule has 0 aliphatic heterocycles. The van der Waals surface area contributed by atoms with Gasteiger partial charge in [0.25, 0.3) is 5.91 Å². The van der Waals surface area contributed by atoms with Gasteiger partial charge in [-0.3, -0.25) is 4.79 Å². The maximum absolute atomic E-state index is 12.7. The highest BCUT2D eigenvalue weighted by atomic mass is 16.5. The number of nitrogens with zero attached hydrogens (tertiary/aromatic N) is 2. The maximum Gasteiger partial charge on any atom is 0.252 e. The number of nitrogens with one attached hydrogen (secondary N) is 1. The number of hydrogen-bond acceptors (Lipinski definition) is 4. The topological polar surface area (TPSA) is 65.4 Å². The second-order valence-corrected chi connectivity index (χ2v) is 5.79. The van der Waals surface area contributed by atoms with E-state index in [9.17, 15) is 4.79 Å². The van der Waals surface area contributed by atoms with Gasteiger partial charge in [0, 0.05) is 18.0 Å². The monoisotopic (exact) mass is 351 g/mol. The summed E-state index contributed by atoms with van der Waals surface area (Å²) in [5.41, 5.74) is 0.544. The first kappa shape index (κ1) is 17.5. The van der Waals surface area contributed by atoms with E-state index >= 15 is 0 Å². The average Bonchev–Trinajstić information content (AvgIpc) is 3.21. The zero-order valence-corrected chi connectivity index (χ0v) is 14.7. The van der Waals surface area contributed by atoms with Crippen molar-refractivity contribution in [3.8, 4) is 11.5 Å². The highest BCUT2D eigenvalue weighted by molar-refractivity contribution is 5.94. The lowest BCUT2D eigenvalue weighted by atomic mass is 10.2. The zero-order valence-electron chi connectivity index (χ0n) is 14.7. The van der Waals surface area contributed by atoms with Gasteiger partial charge in [-0.05, 0) is 43.3 Å². The fraction of sp³-hybridized carbons (Fsp3) is 0.200. The molecule has 1 amide bonds. The van der Waals surface area contributed by atoms with Crippen molar-refractivity contribution >= 4 is 5.91 Å². The molecule has 6 nitrogen and oxygen atoms in total. The van der Waals surface area contributed by atoms with Crippen molar-refractivity contribution in [3.63, 3.8) is 0 Å². The van der Waals surface area contributed by atoms with Crippen LogP contribution in [-0.4, -0.2) is 28.7 Å². The van der Waals surface area contributed by atoms with E-state index in [2.05, 4.69) is 10.3 Å². The number of amides is 1.